The fourth-order valence-electron chi connectivity index (χ4n) is 8.49. The molecule has 4 aliphatic carbocycles. The van der Waals surface area contributed by atoms with Crippen molar-refractivity contribution in [1.29, 1.82) is 0 Å². The largest absolute Gasteiger partial charge is 0.481 e. The number of rotatable bonds is 5. The van der Waals surface area contributed by atoms with Crippen molar-refractivity contribution in [3.05, 3.63) is 11.6 Å². The molecule has 0 aliphatic heterocycles. The molecule has 4 aliphatic rings. The molecule has 4 rings (SSSR count). The summed E-state index contributed by atoms with van der Waals surface area (Å²) in [5, 5.41) is 9.13. The van der Waals surface area contributed by atoms with Crippen LogP contribution in [0.4, 0.5) is 0 Å². The molecule has 168 valence electrons. The van der Waals surface area contributed by atoms with Gasteiger partial charge in [0.1, 0.15) is 6.10 Å². The van der Waals surface area contributed by atoms with Crippen molar-refractivity contribution in [2.75, 3.05) is 0 Å². The average molecular weight is 417 g/mol. The van der Waals surface area contributed by atoms with E-state index in [0.29, 0.717) is 23.7 Å². The highest BCUT2D eigenvalue weighted by Gasteiger charge is 2.59. The lowest BCUT2D eigenvalue weighted by Crippen LogP contribution is -2.51. The van der Waals surface area contributed by atoms with Crippen molar-refractivity contribution in [2.24, 2.45) is 40.4 Å². The number of carboxylic acids is 1. The second-order valence-electron chi connectivity index (χ2n) is 11.4. The Kier molecular flexibility index (Phi) is 5.83. The first-order chi connectivity index (χ1) is 14.1. The van der Waals surface area contributed by atoms with Crippen molar-refractivity contribution in [3.63, 3.8) is 0 Å². The SMILES string of the molecule is CC(=O)OC1CCC2(C)C(=CCC3C2CCC2(C)C(C(C)CCC(=O)O)CCC32)C1. The topological polar surface area (TPSA) is 63.6 Å². The molecule has 30 heavy (non-hydrogen) atoms. The summed E-state index contributed by atoms with van der Waals surface area (Å²) in [7, 11) is 0. The van der Waals surface area contributed by atoms with Gasteiger partial charge in [-0.2, -0.15) is 0 Å². The lowest BCUT2D eigenvalue weighted by atomic mass is 9.47. The van der Waals surface area contributed by atoms with Crippen molar-refractivity contribution in [1.82, 2.24) is 0 Å². The van der Waals surface area contributed by atoms with E-state index in [2.05, 4.69) is 26.8 Å². The van der Waals surface area contributed by atoms with Crippen LogP contribution in [-0.4, -0.2) is 23.1 Å². The molecule has 4 heteroatoms. The van der Waals surface area contributed by atoms with Crippen LogP contribution in [0.5, 0.6) is 0 Å². The maximum Gasteiger partial charge on any atom is 0.303 e. The Morgan fingerprint density at radius 2 is 1.93 bits per heavy atom. The van der Waals surface area contributed by atoms with Crippen molar-refractivity contribution < 1.29 is 19.4 Å². The molecule has 8 unspecified atom stereocenters. The smallest absolute Gasteiger partial charge is 0.303 e. The molecule has 3 fully saturated rings. The van der Waals surface area contributed by atoms with Gasteiger partial charge in [0.25, 0.3) is 0 Å². The molecule has 0 heterocycles. The molecule has 4 nitrogen and oxygen atoms in total. The molecule has 0 saturated heterocycles. The number of carbonyl (C=O) groups is 2. The summed E-state index contributed by atoms with van der Waals surface area (Å²) in [5.41, 5.74) is 2.19. The number of hydrogen-bond donors (Lipinski definition) is 1. The zero-order valence-electron chi connectivity index (χ0n) is 19.3. The van der Waals surface area contributed by atoms with Crippen molar-refractivity contribution >= 4 is 11.9 Å². The first kappa shape index (κ1) is 21.9. The molecule has 1 N–H and O–H groups in total. The fraction of sp³-hybridized carbons (Fsp3) is 0.846. The van der Waals surface area contributed by atoms with Gasteiger partial charge >= 0.3 is 11.9 Å². The van der Waals surface area contributed by atoms with Crippen LogP contribution in [-0.2, 0) is 14.3 Å². The van der Waals surface area contributed by atoms with Gasteiger partial charge in [-0.3, -0.25) is 9.59 Å². The van der Waals surface area contributed by atoms with E-state index >= 15 is 0 Å². The Labute approximate surface area is 181 Å². The van der Waals surface area contributed by atoms with Crippen LogP contribution in [0.25, 0.3) is 0 Å². The van der Waals surface area contributed by atoms with E-state index < -0.39 is 5.97 Å². The third-order valence-corrected chi connectivity index (χ3v) is 9.97. The molecule has 0 aromatic rings. The van der Waals surface area contributed by atoms with E-state index in [-0.39, 0.29) is 17.5 Å². The molecule has 0 aromatic carbocycles. The van der Waals surface area contributed by atoms with Crippen LogP contribution >= 0.6 is 0 Å². The van der Waals surface area contributed by atoms with E-state index in [1.165, 1.54) is 39.0 Å². The molecule has 0 radical (unpaired) electrons. The van der Waals surface area contributed by atoms with Gasteiger partial charge in [0.15, 0.2) is 0 Å². The molecule has 0 bridgehead atoms. The van der Waals surface area contributed by atoms with E-state index in [1.54, 1.807) is 5.57 Å². The number of fused-ring (bicyclic) bond motifs is 5. The number of carbonyl (C=O) groups excluding carboxylic acids is 1. The van der Waals surface area contributed by atoms with Crippen LogP contribution in [0.3, 0.4) is 0 Å². The van der Waals surface area contributed by atoms with Gasteiger partial charge < -0.3 is 9.84 Å². The Balaban J connectivity index is 1.51. The van der Waals surface area contributed by atoms with Gasteiger partial charge in [-0.15, -0.1) is 0 Å². The number of allylic oxidation sites excluding steroid dienone is 1. The first-order valence-electron chi connectivity index (χ1n) is 12.2. The molecular weight excluding hydrogens is 376 g/mol. The number of aliphatic carboxylic acids is 1. The van der Waals surface area contributed by atoms with Crippen LogP contribution in [0, 0.1) is 40.4 Å². The maximum atomic E-state index is 11.4. The highest BCUT2D eigenvalue weighted by molar-refractivity contribution is 5.66. The molecule has 0 aromatic heterocycles. The average Bonchev–Trinajstić information content (AvgIpc) is 3.03. The van der Waals surface area contributed by atoms with Crippen LogP contribution in [0.1, 0.15) is 91.9 Å². The van der Waals surface area contributed by atoms with Crippen LogP contribution < -0.4 is 0 Å². The summed E-state index contributed by atoms with van der Waals surface area (Å²) in [6.07, 6.45) is 13.1. The van der Waals surface area contributed by atoms with Gasteiger partial charge in [0, 0.05) is 19.8 Å². The predicted molar refractivity (Wildman–Crippen MR) is 117 cm³/mol. The Morgan fingerprint density at radius 1 is 1.17 bits per heavy atom. The zero-order valence-corrected chi connectivity index (χ0v) is 19.3. The Bertz CT molecular complexity index is 727. The molecule has 0 spiro atoms. The maximum absolute atomic E-state index is 11.4. The number of hydrogen-bond acceptors (Lipinski definition) is 3. The molecular formula is C26H40O4. The number of ether oxygens (including phenoxy) is 1. The predicted octanol–water partition coefficient (Wildman–Crippen LogP) is 6.00. The zero-order chi connectivity index (χ0) is 21.7. The lowest BCUT2D eigenvalue weighted by Gasteiger charge is -2.58. The van der Waals surface area contributed by atoms with E-state index in [4.69, 9.17) is 9.84 Å². The third kappa shape index (κ3) is 3.62. The Hall–Kier alpha value is -1.32. The molecule has 8 atom stereocenters. The minimum Gasteiger partial charge on any atom is -0.481 e. The molecule has 3 saturated carbocycles. The third-order valence-electron chi connectivity index (χ3n) is 9.97. The lowest BCUT2D eigenvalue weighted by molar-refractivity contribution is -0.148. The van der Waals surface area contributed by atoms with Crippen LogP contribution in [0.15, 0.2) is 11.6 Å². The summed E-state index contributed by atoms with van der Waals surface area (Å²) in [6, 6.07) is 0. The quantitative estimate of drug-likeness (QED) is 0.441. The fourth-order valence-corrected chi connectivity index (χ4v) is 8.49. The van der Waals surface area contributed by atoms with Gasteiger partial charge in [0.2, 0.25) is 0 Å². The summed E-state index contributed by atoms with van der Waals surface area (Å²) in [6.45, 7) is 8.84. The second kappa shape index (κ2) is 7.98. The van der Waals surface area contributed by atoms with Gasteiger partial charge in [-0.1, -0.05) is 32.4 Å². The summed E-state index contributed by atoms with van der Waals surface area (Å²) < 4.78 is 5.57. The monoisotopic (exact) mass is 416 g/mol. The van der Waals surface area contributed by atoms with Crippen molar-refractivity contribution in [3.8, 4) is 0 Å². The van der Waals surface area contributed by atoms with E-state index in [9.17, 15) is 9.59 Å². The normalized spacial score (nSPS) is 43.6. The standard InChI is InChI=1S/C26H40O4/c1-16(5-10-24(28)29)21-8-9-22-20-7-6-18-15-19(30-17(2)27)11-13-25(18,3)23(20)12-14-26(21,22)4/h6,16,19-23H,5,7-15H2,1-4H3,(H,28,29). The van der Waals surface area contributed by atoms with Crippen LogP contribution in [0.2, 0.25) is 0 Å². The number of esters is 1. The first-order valence-corrected chi connectivity index (χ1v) is 12.2. The van der Waals surface area contributed by atoms with E-state index in [0.717, 1.165) is 43.4 Å². The minimum atomic E-state index is -0.660. The Morgan fingerprint density at radius 3 is 2.63 bits per heavy atom. The van der Waals surface area contributed by atoms with Crippen molar-refractivity contribution in [2.45, 2.75) is 98.0 Å². The minimum absolute atomic E-state index is 0.0678. The van der Waals surface area contributed by atoms with Gasteiger partial charge in [-0.25, -0.2) is 0 Å². The highest BCUT2D eigenvalue weighted by atomic mass is 16.5. The highest BCUT2D eigenvalue weighted by Crippen LogP contribution is 2.67. The molecule has 0 amide bonds. The summed E-state index contributed by atoms with van der Waals surface area (Å²) in [4.78, 5) is 22.5. The summed E-state index contributed by atoms with van der Waals surface area (Å²) in [5.74, 6) is 2.64. The summed E-state index contributed by atoms with van der Waals surface area (Å²) >= 11 is 0. The number of carboxylic acid groups (broad SMARTS) is 1. The van der Waals surface area contributed by atoms with E-state index in [1.807, 2.05) is 0 Å². The second-order valence-corrected chi connectivity index (χ2v) is 11.4. The van der Waals surface area contributed by atoms with Gasteiger partial charge in [0.05, 0.1) is 0 Å². The van der Waals surface area contributed by atoms with Gasteiger partial charge in [-0.05, 0) is 91.8 Å².